The second-order valence-corrected chi connectivity index (χ2v) is 7.08. The first-order valence-corrected chi connectivity index (χ1v) is 8.66. The van der Waals surface area contributed by atoms with Gasteiger partial charge in [-0.25, -0.2) is 0 Å². The number of nitrogens with one attached hydrogen (secondary N) is 2. The number of anilines is 1. The normalized spacial score (nSPS) is 24.1. The van der Waals surface area contributed by atoms with Gasteiger partial charge in [-0.3, -0.25) is 4.99 Å². The fraction of sp³-hybridized carbons (Fsp3) is 0.632. The molecule has 2 rings (SSSR count). The largest absolute Gasteiger partial charge is 0.493 e. The fourth-order valence-electron chi connectivity index (χ4n) is 3.22. The summed E-state index contributed by atoms with van der Waals surface area (Å²) in [7, 11) is 5.03. The number of ether oxygens (including phenoxy) is 3. The molecule has 26 heavy (non-hydrogen) atoms. The van der Waals surface area contributed by atoms with Crippen LogP contribution in [0.25, 0.3) is 0 Å². The third-order valence-electron chi connectivity index (χ3n) is 5.55. The van der Waals surface area contributed by atoms with E-state index in [1.165, 1.54) is 0 Å². The van der Waals surface area contributed by atoms with Gasteiger partial charge in [-0.1, -0.05) is 13.8 Å². The SMILES string of the molecule is CCN=C(Nc1ccc(OC)c(OC)c1)NC1CC(C)(OC)C1(C)C.I. The molecule has 148 valence electrons. The quantitative estimate of drug-likeness (QED) is 0.370. The van der Waals surface area contributed by atoms with Gasteiger partial charge in [0, 0.05) is 36.9 Å². The molecule has 7 heteroatoms. The number of aliphatic imine (C=N–C) groups is 1. The van der Waals surface area contributed by atoms with Gasteiger partial charge in [0.15, 0.2) is 17.5 Å². The third-order valence-corrected chi connectivity index (χ3v) is 5.55. The van der Waals surface area contributed by atoms with Gasteiger partial charge in [0.2, 0.25) is 0 Å². The Morgan fingerprint density at radius 2 is 1.81 bits per heavy atom. The molecular weight excluding hydrogens is 445 g/mol. The van der Waals surface area contributed by atoms with Crippen molar-refractivity contribution in [1.82, 2.24) is 5.32 Å². The van der Waals surface area contributed by atoms with Crippen LogP contribution in [0.5, 0.6) is 11.5 Å². The zero-order chi connectivity index (χ0) is 18.7. The highest BCUT2D eigenvalue weighted by Gasteiger charge is 2.58. The summed E-state index contributed by atoms with van der Waals surface area (Å²) < 4.78 is 16.4. The van der Waals surface area contributed by atoms with Crippen LogP contribution in [-0.4, -0.2) is 45.5 Å². The highest BCUT2D eigenvalue weighted by molar-refractivity contribution is 14.0. The van der Waals surface area contributed by atoms with Crippen molar-refractivity contribution in [1.29, 1.82) is 0 Å². The Labute approximate surface area is 174 Å². The number of guanidine groups is 1. The van der Waals surface area contributed by atoms with Crippen LogP contribution in [0, 0.1) is 5.41 Å². The summed E-state index contributed by atoms with van der Waals surface area (Å²) in [4.78, 5) is 4.56. The van der Waals surface area contributed by atoms with Crippen LogP contribution in [0.15, 0.2) is 23.2 Å². The van der Waals surface area contributed by atoms with Crippen LogP contribution in [0.2, 0.25) is 0 Å². The molecule has 2 atom stereocenters. The van der Waals surface area contributed by atoms with Gasteiger partial charge in [0.1, 0.15) is 0 Å². The number of hydrogen-bond acceptors (Lipinski definition) is 4. The molecule has 1 saturated carbocycles. The zero-order valence-electron chi connectivity index (χ0n) is 16.8. The molecule has 0 heterocycles. The lowest BCUT2D eigenvalue weighted by Gasteiger charge is -2.59. The Morgan fingerprint density at radius 1 is 1.15 bits per heavy atom. The lowest BCUT2D eigenvalue weighted by molar-refractivity contribution is -0.176. The Hall–Kier alpha value is -1.22. The van der Waals surface area contributed by atoms with E-state index in [2.05, 4.69) is 36.4 Å². The number of benzene rings is 1. The van der Waals surface area contributed by atoms with E-state index in [1.54, 1.807) is 21.3 Å². The summed E-state index contributed by atoms with van der Waals surface area (Å²) in [5, 5.41) is 6.89. The van der Waals surface area contributed by atoms with Crippen LogP contribution in [0.4, 0.5) is 5.69 Å². The van der Waals surface area contributed by atoms with Crippen molar-refractivity contribution >= 4 is 35.6 Å². The molecule has 0 aromatic heterocycles. The predicted molar refractivity (Wildman–Crippen MR) is 117 cm³/mol. The molecule has 2 N–H and O–H groups in total. The first-order valence-electron chi connectivity index (χ1n) is 8.66. The standard InChI is InChI=1S/C19H31N3O3.HI/c1-8-20-17(22-16-12-19(4,25-7)18(16,2)3)21-13-9-10-14(23-5)15(11-13)24-6;/h9-11,16H,8,12H2,1-7H3,(H2,20,21,22);1H. The van der Waals surface area contributed by atoms with Crippen LogP contribution in [0.1, 0.15) is 34.1 Å². The van der Waals surface area contributed by atoms with E-state index in [-0.39, 0.29) is 41.0 Å². The molecule has 0 bridgehead atoms. The highest BCUT2D eigenvalue weighted by Crippen LogP contribution is 2.51. The van der Waals surface area contributed by atoms with Crippen LogP contribution < -0.4 is 20.1 Å². The summed E-state index contributed by atoms with van der Waals surface area (Å²) in [6.07, 6.45) is 0.937. The molecule has 0 spiro atoms. The van der Waals surface area contributed by atoms with E-state index in [9.17, 15) is 0 Å². The lowest BCUT2D eigenvalue weighted by atomic mass is 9.56. The monoisotopic (exact) mass is 477 g/mol. The molecule has 1 aliphatic rings. The number of methoxy groups -OCH3 is 3. The van der Waals surface area contributed by atoms with E-state index < -0.39 is 0 Å². The number of halogens is 1. The van der Waals surface area contributed by atoms with Gasteiger partial charge in [-0.2, -0.15) is 0 Å². The highest BCUT2D eigenvalue weighted by atomic mass is 127. The lowest BCUT2D eigenvalue weighted by Crippen LogP contribution is -2.69. The number of nitrogens with zero attached hydrogens (tertiary/aromatic N) is 1. The Balaban J connectivity index is 0.00000338. The molecule has 0 aliphatic heterocycles. The molecule has 1 aliphatic carbocycles. The van der Waals surface area contributed by atoms with Gasteiger partial charge in [0.05, 0.1) is 19.8 Å². The van der Waals surface area contributed by atoms with Crippen molar-refractivity contribution in [2.45, 2.75) is 45.8 Å². The summed E-state index contributed by atoms with van der Waals surface area (Å²) in [6, 6.07) is 6.01. The molecule has 0 saturated heterocycles. The molecule has 0 radical (unpaired) electrons. The third kappa shape index (κ3) is 4.36. The van der Waals surface area contributed by atoms with Gasteiger partial charge < -0.3 is 24.8 Å². The predicted octanol–water partition coefficient (Wildman–Crippen LogP) is 3.90. The molecule has 1 aromatic carbocycles. The minimum absolute atomic E-state index is 0. The van der Waals surface area contributed by atoms with Gasteiger partial charge in [-0.05, 0) is 32.4 Å². The molecule has 6 nitrogen and oxygen atoms in total. The average Bonchev–Trinajstić information content (AvgIpc) is 2.61. The van der Waals surface area contributed by atoms with E-state index in [4.69, 9.17) is 14.2 Å². The zero-order valence-corrected chi connectivity index (χ0v) is 19.1. The van der Waals surface area contributed by atoms with Crippen molar-refractivity contribution in [3.63, 3.8) is 0 Å². The van der Waals surface area contributed by atoms with Crippen molar-refractivity contribution in [2.75, 3.05) is 33.2 Å². The maximum atomic E-state index is 5.70. The van der Waals surface area contributed by atoms with Crippen LogP contribution >= 0.6 is 24.0 Å². The smallest absolute Gasteiger partial charge is 0.196 e. The van der Waals surface area contributed by atoms with Crippen molar-refractivity contribution < 1.29 is 14.2 Å². The molecule has 2 unspecified atom stereocenters. The number of rotatable bonds is 6. The Bertz CT molecular complexity index is 636. The van der Waals surface area contributed by atoms with Crippen molar-refractivity contribution in [3.05, 3.63) is 18.2 Å². The molecular formula is C19H32IN3O3. The van der Waals surface area contributed by atoms with E-state index in [1.807, 2.05) is 25.1 Å². The molecule has 1 aromatic rings. The Kier molecular flexibility index (Phi) is 8.01. The minimum Gasteiger partial charge on any atom is -0.493 e. The maximum absolute atomic E-state index is 5.70. The first-order chi connectivity index (χ1) is 11.8. The van der Waals surface area contributed by atoms with Crippen molar-refractivity contribution in [3.8, 4) is 11.5 Å². The van der Waals surface area contributed by atoms with E-state index in [0.717, 1.165) is 18.1 Å². The van der Waals surface area contributed by atoms with Gasteiger partial charge in [-0.15, -0.1) is 24.0 Å². The van der Waals surface area contributed by atoms with Crippen LogP contribution in [0.3, 0.4) is 0 Å². The second kappa shape index (κ2) is 9.12. The summed E-state index contributed by atoms with van der Waals surface area (Å²) >= 11 is 0. The van der Waals surface area contributed by atoms with Crippen molar-refractivity contribution in [2.24, 2.45) is 10.4 Å². The summed E-state index contributed by atoms with van der Waals surface area (Å²) in [5.41, 5.74) is 0.782. The Morgan fingerprint density at radius 3 is 2.31 bits per heavy atom. The van der Waals surface area contributed by atoms with E-state index in [0.29, 0.717) is 18.0 Å². The fourth-order valence-corrected chi connectivity index (χ4v) is 3.22. The molecule has 1 fully saturated rings. The maximum Gasteiger partial charge on any atom is 0.196 e. The first kappa shape index (κ1) is 22.8. The van der Waals surface area contributed by atoms with E-state index >= 15 is 0 Å². The summed E-state index contributed by atoms with van der Waals surface area (Å²) in [6.45, 7) is 9.30. The van der Waals surface area contributed by atoms with Crippen LogP contribution in [-0.2, 0) is 4.74 Å². The topological polar surface area (TPSA) is 64.1 Å². The van der Waals surface area contributed by atoms with Gasteiger partial charge in [0.25, 0.3) is 0 Å². The second-order valence-electron chi connectivity index (χ2n) is 7.08. The van der Waals surface area contributed by atoms with Gasteiger partial charge >= 0.3 is 0 Å². The average molecular weight is 477 g/mol. The molecule has 0 amide bonds. The minimum atomic E-state index is -0.120. The number of hydrogen-bond donors (Lipinski definition) is 2. The summed E-state index contributed by atoms with van der Waals surface area (Å²) in [5.74, 6) is 2.14.